The molecule has 0 amide bonds. The lowest BCUT2D eigenvalue weighted by Gasteiger charge is -2.29. The topological polar surface area (TPSA) is 68.1 Å². The molecule has 148 valence electrons. The molecule has 1 saturated heterocycles. The molecule has 1 fully saturated rings. The number of ether oxygens (including phenoxy) is 1. The van der Waals surface area contributed by atoms with Gasteiger partial charge in [-0.05, 0) is 40.3 Å². The summed E-state index contributed by atoms with van der Waals surface area (Å²) in [4.78, 5) is 2.00. The molecular formula is C20H18ClFN6O. The maximum absolute atomic E-state index is 14.9. The van der Waals surface area contributed by atoms with Gasteiger partial charge in [-0.2, -0.15) is 4.68 Å². The van der Waals surface area contributed by atoms with Crippen molar-refractivity contribution in [2.75, 3.05) is 36.5 Å². The van der Waals surface area contributed by atoms with E-state index in [2.05, 4.69) is 20.8 Å². The fourth-order valence-corrected chi connectivity index (χ4v) is 3.94. The van der Waals surface area contributed by atoms with Gasteiger partial charge in [0.25, 0.3) is 0 Å². The van der Waals surface area contributed by atoms with Crippen LogP contribution in [0.2, 0.25) is 5.02 Å². The number of rotatable bonds is 3. The smallest absolute Gasteiger partial charge is 0.248 e. The van der Waals surface area contributed by atoms with Crippen molar-refractivity contribution in [1.29, 1.82) is 0 Å². The zero-order valence-electron chi connectivity index (χ0n) is 15.4. The van der Waals surface area contributed by atoms with E-state index < -0.39 is 0 Å². The maximum atomic E-state index is 14.9. The first kappa shape index (κ1) is 18.1. The first-order chi connectivity index (χ1) is 14.2. The van der Waals surface area contributed by atoms with Crippen LogP contribution in [0, 0.1) is 5.82 Å². The van der Waals surface area contributed by atoms with E-state index in [4.69, 9.17) is 16.3 Å². The maximum Gasteiger partial charge on any atom is 0.248 e. The summed E-state index contributed by atoms with van der Waals surface area (Å²) in [5, 5.41) is 15.7. The zero-order valence-corrected chi connectivity index (χ0v) is 16.2. The van der Waals surface area contributed by atoms with Gasteiger partial charge in [-0.1, -0.05) is 41.0 Å². The fraction of sp³-hybridized carbons (Fsp3) is 0.250. The second kappa shape index (κ2) is 7.46. The summed E-state index contributed by atoms with van der Waals surface area (Å²) >= 11 is 6.41. The third kappa shape index (κ3) is 3.34. The van der Waals surface area contributed by atoms with Gasteiger partial charge in [0.2, 0.25) is 5.95 Å². The molecule has 1 atom stereocenters. The molecule has 0 saturated carbocycles. The minimum Gasteiger partial charge on any atom is -0.378 e. The molecule has 0 aliphatic carbocycles. The first-order valence-corrected chi connectivity index (χ1v) is 9.72. The molecule has 2 aliphatic heterocycles. The SMILES string of the molecule is Fc1cc(C2=C[C@@H](c3ccccc3Cl)n3nnnc3N2)ccc1N1CCOCC1. The molecule has 29 heavy (non-hydrogen) atoms. The van der Waals surface area contributed by atoms with E-state index in [0.29, 0.717) is 48.5 Å². The van der Waals surface area contributed by atoms with Gasteiger partial charge in [-0.3, -0.25) is 0 Å². The van der Waals surface area contributed by atoms with Gasteiger partial charge in [0.05, 0.1) is 18.9 Å². The van der Waals surface area contributed by atoms with Crippen LogP contribution in [-0.2, 0) is 4.74 Å². The average molecular weight is 413 g/mol. The lowest BCUT2D eigenvalue weighted by molar-refractivity contribution is 0.122. The van der Waals surface area contributed by atoms with Crippen LogP contribution in [0.4, 0.5) is 16.0 Å². The van der Waals surface area contributed by atoms with Crippen molar-refractivity contribution in [3.63, 3.8) is 0 Å². The van der Waals surface area contributed by atoms with Crippen LogP contribution < -0.4 is 10.2 Å². The largest absolute Gasteiger partial charge is 0.378 e. The van der Waals surface area contributed by atoms with Crippen LogP contribution in [0.25, 0.3) is 5.70 Å². The van der Waals surface area contributed by atoms with Gasteiger partial charge < -0.3 is 15.0 Å². The van der Waals surface area contributed by atoms with Crippen molar-refractivity contribution in [2.24, 2.45) is 0 Å². The van der Waals surface area contributed by atoms with Gasteiger partial charge in [0.1, 0.15) is 11.9 Å². The number of nitrogens with one attached hydrogen (secondary N) is 1. The standard InChI is InChI=1S/C20H18ClFN6O/c21-15-4-2-1-3-14(15)19-12-17(23-20-24-25-26-28(19)20)13-5-6-18(16(22)11-13)27-7-9-29-10-8-27/h1-6,11-12,19H,7-10H2,(H,23,24,26)/t19-/m0/s1. The van der Waals surface area contributed by atoms with Crippen LogP contribution in [-0.4, -0.2) is 46.5 Å². The highest BCUT2D eigenvalue weighted by atomic mass is 35.5. The minimum atomic E-state index is -0.299. The quantitative estimate of drug-likeness (QED) is 0.711. The molecule has 2 aliphatic rings. The van der Waals surface area contributed by atoms with Gasteiger partial charge >= 0.3 is 0 Å². The molecular weight excluding hydrogens is 395 g/mol. The van der Waals surface area contributed by atoms with Gasteiger partial charge in [0.15, 0.2) is 0 Å². The van der Waals surface area contributed by atoms with E-state index in [0.717, 1.165) is 11.3 Å². The average Bonchev–Trinajstić information content (AvgIpc) is 3.23. The van der Waals surface area contributed by atoms with Gasteiger partial charge in [-0.15, -0.1) is 0 Å². The Balaban J connectivity index is 1.52. The molecule has 9 heteroatoms. The fourth-order valence-electron chi connectivity index (χ4n) is 3.69. The number of hydrogen-bond donors (Lipinski definition) is 1. The predicted molar refractivity (Wildman–Crippen MR) is 108 cm³/mol. The number of fused-ring (bicyclic) bond motifs is 1. The summed E-state index contributed by atoms with van der Waals surface area (Å²) in [5.41, 5.74) is 2.89. The number of tetrazole rings is 1. The second-order valence-corrected chi connectivity index (χ2v) is 7.29. The molecule has 0 spiro atoms. The Morgan fingerprint density at radius 3 is 2.76 bits per heavy atom. The minimum absolute atomic E-state index is 0.272. The molecule has 0 radical (unpaired) electrons. The molecule has 2 aromatic carbocycles. The van der Waals surface area contributed by atoms with Crippen molar-refractivity contribution < 1.29 is 9.13 Å². The Morgan fingerprint density at radius 2 is 1.97 bits per heavy atom. The molecule has 0 unspecified atom stereocenters. The number of morpholine rings is 1. The number of anilines is 2. The first-order valence-electron chi connectivity index (χ1n) is 9.34. The summed E-state index contributed by atoms with van der Waals surface area (Å²) < 4.78 is 21.9. The lowest BCUT2D eigenvalue weighted by Crippen LogP contribution is -2.36. The normalized spacial score (nSPS) is 18.8. The van der Waals surface area contributed by atoms with E-state index in [9.17, 15) is 4.39 Å². The van der Waals surface area contributed by atoms with E-state index in [1.165, 1.54) is 6.07 Å². The number of benzene rings is 2. The van der Waals surface area contributed by atoms with Crippen LogP contribution in [0.1, 0.15) is 17.2 Å². The molecule has 3 heterocycles. The Kier molecular flexibility index (Phi) is 4.65. The lowest BCUT2D eigenvalue weighted by atomic mass is 10.0. The van der Waals surface area contributed by atoms with Gasteiger partial charge in [-0.25, -0.2) is 4.39 Å². The molecule has 7 nitrogen and oxygen atoms in total. The van der Waals surface area contributed by atoms with E-state index in [-0.39, 0.29) is 11.9 Å². The van der Waals surface area contributed by atoms with Crippen LogP contribution >= 0.6 is 11.6 Å². The summed E-state index contributed by atoms with van der Waals surface area (Å²) in [6.45, 7) is 2.58. The number of allylic oxidation sites excluding steroid dienone is 1. The van der Waals surface area contributed by atoms with Gasteiger partial charge in [0, 0.05) is 29.4 Å². The zero-order chi connectivity index (χ0) is 19.8. The Hall–Kier alpha value is -2.97. The summed E-state index contributed by atoms with van der Waals surface area (Å²) in [5.74, 6) is 0.205. The molecule has 3 aromatic rings. The van der Waals surface area contributed by atoms with Crippen LogP contribution in [0.5, 0.6) is 0 Å². The van der Waals surface area contributed by atoms with Crippen molar-refractivity contribution >= 4 is 28.9 Å². The number of hydrogen-bond acceptors (Lipinski definition) is 6. The summed E-state index contributed by atoms with van der Waals surface area (Å²) in [6, 6.07) is 12.5. The molecule has 1 N–H and O–H groups in total. The van der Waals surface area contributed by atoms with Crippen LogP contribution in [0.3, 0.4) is 0 Å². The van der Waals surface area contributed by atoms with E-state index >= 15 is 0 Å². The Bertz CT molecular complexity index is 1080. The molecule has 1 aromatic heterocycles. The van der Waals surface area contributed by atoms with Crippen molar-refractivity contribution in [3.05, 3.63) is 70.5 Å². The third-order valence-electron chi connectivity index (χ3n) is 5.16. The highest BCUT2D eigenvalue weighted by Gasteiger charge is 2.26. The van der Waals surface area contributed by atoms with Crippen LogP contribution in [0.15, 0.2) is 48.5 Å². The van der Waals surface area contributed by atoms with E-state index in [1.807, 2.05) is 41.3 Å². The second-order valence-electron chi connectivity index (χ2n) is 6.88. The highest BCUT2D eigenvalue weighted by Crippen LogP contribution is 2.35. The summed E-state index contributed by atoms with van der Waals surface area (Å²) in [6.07, 6.45) is 1.95. The van der Waals surface area contributed by atoms with Crippen molar-refractivity contribution in [3.8, 4) is 0 Å². The molecule has 5 rings (SSSR count). The Morgan fingerprint density at radius 1 is 1.14 bits per heavy atom. The number of halogens is 2. The van der Waals surface area contributed by atoms with E-state index in [1.54, 1.807) is 10.7 Å². The number of aromatic nitrogens is 4. The monoisotopic (exact) mass is 412 g/mol. The predicted octanol–water partition coefficient (Wildman–Crippen LogP) is 3.36. The molecule has 0 bridgehead atoms. The summed E-state index contributed by atoms with van der Waals surface area (Å²) in [7, 11) is 0. The number of nitrogens with zero attached hydrogens (tertiary/aromatic N) is 5. The van der Waals surface area contributed by atoms with Crippen molar-refractivity contribution in [2.45, 2.75) is 6.04 Å². The highest BCUT2D eigenvalue weighted by molar-refractivity contribution is 6.31. The Labute approximate surface area is 171 Å². The third-order valence-corrected chi connectivity index (χ3v) is 5.51. The van der Waals surface area contributed by atoms with Crippen molar-refractivity contribution in [1.82, 2.24) is 20.2 Å².